The molecule has 0 saturated heterocycles. The Morgan fingerprint density at radius 1 is 1.30 bits per heavy atom. The predicted molar refractivity (Wildman–Crippen MR) is 84.1 cm³/mol. The smallest absolute Gasteiger partial charge is 0.272 e. The summed E-state index contributed by atoms with van der Waals surface area (Å²) >= 11 is 0. The lowest BCUT2D eigenvalue weighted by atomic mass is 10.0. The average Bonchev–Trinajstić information content (AvgIpc) is 2.56. The van der Waals surface area contributed by atoms with Gasteiger partial charge in [-0.3, -0.25) is 20.3 Å². The number of amides is 1. The van der Waals surface area contributed by atoms with Crippen LogP contribution >= 0.6 is 0 Å². The number of hydrogen-bond acceptors (Lipinski definition) is 5. The number of nitrogens with zero attached hydrogens (tertiary/aromatic N) is 1. The molecule has 7 nitrogen and oxygen atoms in total. The summed E-state index contributed by atoms with van der Waals surface area (Å²) < 4.78 is 5.63. The molecule has 2 aromatic carbocycles. The molecule has 1 amide bonds. The van der Waals surface area contributed by atoms with Crippen LogP contribution in [0.1, 0.15) is 22.8 Å². The Labute approximate surface area is 133 Å². The lowest BCUT2D eigenvalue weighted by molar-refractivity contribution is -0.385. The summed E-state index contributed by atoms with van der Waals surface area (Å²) in [6.07, 6.45) is -1.03. The summed E-state index contributed by atoms with van der Waals surface area (Å²) in [5.41, 5.74) is 3.72. The average molecular weight is 315 g/mol. The first-order valence-electron chi connectivity index (χ1n) is 6.94. The number of carbonyl (C=O) groups excluding carboxylic acids is 1. The number of ether oxygens (including phenoxy) is 1. The van der Waals surface area contributed by atoms with E-state index in [1.54, 1.807) is 19.1 Å². The number of aryl methyl sites for hydroxylation is 1. The Balaban J connectivity index is 2.26. The molecule has 0 fully saturated rings. The topological polar surface area (TPSA) is 107 Å². The van der Waals surface area contributed by atoms with Gasteiger partial charge in [0.25, 0.3) is 11.6 Å². The zero-order chi connectivity index (χ0) is 16.8. The van der Waals surface area contributed by atoms with E-state index < -0.39 is 16.9 Å². The van der Waals surface area contributed by atoms with E-state index in [-0.39, 0.29) is 12.3 Å². The lowest BCUT2D eigenvalue weighted by Gasteiger charge is -2.17. The number of benzene rings is 2. The van der Waals surface area contributed by atoms with E-state index in [0.717, 1.165) is 5.56 Å². The fourth-order valence-electron chi connectivity index (χ4n) is 2.14. The standard InChI is InChI=1S/C16H17N3O4/c1-11-7-8-13(9-14(11)19(21)22)15(16(20)18-17)23-10-12-5-3-2-4-6-12/h2-9,15H,10,17H2,1H3,(H,18,20). The highest BCUT2D eigenvalue weighted by atomic mass is 16.6. The molecule has 0 aliphatic carbocycles. The van der Waals surface area contributed by atoms with E-state index in [9.17, 15) is 14.9 Å². The molecule has 120 valence electrons. The van der Waals surface area contributed by atoms with Gasteiger partial charge in [0, 0.05) is 11.6 Å². The van der Waals surface area contributed by atoms with Crippen LogP contribution in [-0.4, -0.2) is 10.8 Å². The Kier molecular flexibility index (Phi) is 5.40. The molecule has 7 heteroatoms. The van der Waals surface area contributed by atoms with E-state index >= 15 is 0 Å². The zero-order valence-corrected chi connectivity index (χ0v) is 12.6. The third-order valence-corrected chi connectivity index (χ3v) is 3.37. The number of rotatable bonds is 6. The first-order chi connectivity index (χ1) is 11.0. The Hall–Kier alpha value is -2.77. The van der Waals surface area contributed by atoms with Crippen molar-refractivity contribution in [2.24, 2.45) is 5.84 Å². The first-order valence-corrected chi connectivity index (χ1v) is 6.94. The van der Waals surface area contributed by atoms with Crippen molar-refractivity contribution in [1.29, 1.82) is 0 Å². The molecular weight excluding hydrogens is 298 g/mol. The van der Waals surface area contributed by atoms with Gasteiger partial charge in [0.1, 0.15) is 0 Å². The Bertz CT molecular complexity index is 704. The lowest BCUT2D eigenvalue weighted by Crippen LogP contribution is -2.35. The summed E-state index contributed by atoms with van der Waals surface area (Å²) in [7, 11) is 0. The van der Waals surface area contributed by atoms with Gasteiger partial charge in [-0.1, -0.05) is 42.5 Å². The summed E-state index contributed by atoms with van der Waals surface area (Å²) in [6, 6.07) is 13.8. The second kappa shape index (κ2) is 7.48. The van der Waals surface area contributed by atoms with Gasteiger partial charge in [-0.05, 0) is 18.1 Å². The number of carbonyl (C=O) groups is 1. The number of nitro benzene ring substituents is 1. The number of nitrogens with one attached hydrogen (secondary N) is 1. The maximum Gasteiger partial charge on any atom is 0.272 e. The molecule has 0 bridgehead atoms. The van der Waals surface area contributed by atoms with Crippen LogP contribution in [0.5, 0.6) is 0 Å². The van der Waals surface area contributed by atoms with Crippen LogP contribution in [0.25, 0.3) is 0 Å². The zero-order valence-electron chi connectivity index (χ0n) is 12.6. The molecule has 23 heavy (non-hydrogen) atoms. The van der Waals surface area contributed by atoms with Gasteiger partial charge in [0.15, 0.2) is 6.10 Å². The van der Waals surface area contributed by atoms with Gasteiger partial charge in [0.2, 0.25) is 0 Å². The summed E-state index contributed by atoms with van der Waals surface area (Å²) in [6.45, 7) is 1.81. The van der Waals surface area contributed by atoms with Crippen molar-refractivity contribution < 1.29 is 14.5 Å². The molecule has 0 aliphatic heterocycles. The normalized spacial score (nSPS) is 11.7. The minimum atomic E-state index is -1.03. The van der Waals surface area contributed by atoms with Crippen LogP contribution in [0.4, 0.5) is 5.69 Å². The van der Waals surface area contributed by atoms with Crippen molar-refractivity contribution in [2.75, 3.05) is 0 Å². The van der Waals surface area contributed by atoms with Crippen LogP contribution in [0.2, 0.25) is 0 Å². The third kappa shape index (κ3) is 4.12. The third-order valence-electron chi connectivity index (χ3n) is 3.37. The van der Waals surface area contributed by atoms with Crippen LogP contribution < -0.4 is 11.3 Å². The van der Waals surface area contributed by atoms with E-state index in [0.29, 0.717) is 11.1 Å². The minimum Gasteiger partial charge on any atom is -0.359 e. The largest absolute Gasteiger partial charge is 0.359 e. The van der Waals surface area contributed by atoms with Crippen molar-refractivity contribution >= 4 is 11.6 Å². The molecular formula is C16H17N3O4. The van der Waals surface area contributed by atoms with Crippen molar-refractivity contribution in [3.05, 3.63) is 75.3 Å². The van der Waals surface area contributed by atoms with Gasteiger partial charge in [-0.25, -0.2) is 5.84 Å². The fraction of sp³-hybridized carbons (Fsp3) is 0.188. The van der Waals surface area contributed by atoms with Crippen LogP contribution in [0.15, 0.2) is 48.5 Å². The first kappa shape index (κ1) is 16.6. The van der Waals surface area contributed by atoms with E-state index in [1.165, 1.54) is 6.07 Å². The molecule has 0 aliphatic rings. The van der Waals surface area contributed by atoms with Crippen LogP contribution in [-0.2, 0) is 16.1 Å². The SMILES string of the molecule is Cc1ccc(C(OCc2ccccc2)C(=O)NN)cc1[N+](=O)[O-]. The van der Waals surface area contributed by atoms with Crippen molar-refractivity contribution in [2.45, 2.75) is 19.6 Å². The highest BCUT2D eigenvalue weighted by Crippen LogP contribution is 2.26. The van der Waals surface area contributed by atoms with E-state index in [4.69, 9.17) is 10.6 Å². The molecule has 0 heterocycles. The second-order valence-corrected chi connectivity index (χ2v) is 4.99. The van der Waals surface area contributed by atoms with Gasteiger partial charge in [-0.15, -0.1) is 0 Å². The molecule has 3 N–H and O–H groups in total. The molecule has 0 aromatic heterocycles. The molecule has 2 rings (SSSR count). The van der Waals surface area contributed by atoms with Crippen LogP contribution in [0.3, 0.4) is 0 Å². The van der Waals surface area contributed by atoms with Gasteiger partial charge in [0.05, 0.1) is 11.5 Å². The highest BCUT2D eigenvalue weighted by Gasteiger charge is 2.23. The Morgan fingerprint density at radius 2 is 2.00 bits per heavy atom. The quantitative estimate of drug-likeness (QED) is 0.367. The molecule has 1 unspecified atom stereocenters. The maximum absolute atomic E-state index is 12.0. The minimum absolute atomic E-state index is 0.0689. The van der Waals surface area contributed by atoms with Gasteiger partial charge < -0.3 is 4.74 Å². The molecule has 1 atom stereocenters. The van der Waals surface area contributed by atoms with Crippen molar-refractivity contribution in [3.8, 4) is 0 Å². The molecule has 0 saturated carbocycles. The summed E-state index contributed by atoms with van der Waals surface area (Å²) in [5, 5.41) is 11.1. The van der Waals surface area contributed by atoms with E-state index in [1.807, 2.05) is 35.8 Å². The monoisotopic (exact) mass is 315 g/mol. The van der Waals surface area contributed by atoms with Crippen molar-refractivity contribution in [3.63, 3.8) is 0 Å². The Morgan fingerprint density at radius 3 is 2.61 bits per heavy atom. The number of nitro groups is 1. The summed E-state index contributed by atoms with van der Waals surface area (Å²) in [5.74, 6) is 4.62. The summed E-state index contributed by atoms with van der Waals surface area (Å²) in [4.78, 5) is 22.5. The van der Waals surface area contributed by atoms with Crippen molar-refractivity contribution in [1.82, 2.24) is 5.43 Å². The molecule has 0 spiro atoms. The molecule has 2 aromatic rings. The molecule has 0 radical (unpaired) electrons. The number of nitrogens with two attached hydrogens (primary N) is 1. The number of hydrogen-bond donors (Lipinski definition) is 2. The fourth-order valence-corrected chi connectivity index (χ4v) is 2.14. The van der Waals surface area contributed by atoms with Gasteiger partial charge in [-0.2, -0.15) is 0 Å². The second-order valence-electron chi connectivity index (χ2n) is 4.99. The highest BCUT2D eigenvalue weighted by molar-refractivity contribution is 5.81. The van der Waals surface area contributed by atoms with E-state index in [2.05, 4.69) is 0 Å². The maximum atomic E-state index is 12.0. The number of hydrazine groups is 1. The van der Waals surface area contributed by atoms with Gasteiger partial charge >= 0.3 is 0 Å². The van der Waals surface area contributed by atoms with Crippen LogP contribution in [0, 0.1) is 17.0 Å². The predicted octanol–water partition coefficient (Wildman–Crippen LogP) is 2.15.